The Bertz CT molecular complexity index is 557. The average Bonchev–Trinajstić information content (AvgIpc) is 3.41. The number of rotatable bonds is 7. The number of piperazine rings is 1. The predicted molar refractivity (Wildman–Crippen MR) is 94.9 cm³/mol. The third-order valence-corrected chi connectivity index (χ3v) is 5.25. The molecule has 1 aromatic carbocycles. The number of amides is 1. The number of hydrogen-bond donors (Lipinski definition) is 2. The van der Waals surface area contributed by atoms with E-state index in [1.165, 1.54) is 12.8 Å². The van der Waals surface area contributed by atoms with Crippen LogP contribution in [0.2, 0.25) is 5.02 Å². The Kier molecular flexibility index (Phi) is 6.11. The van der Waals surface area contributed by atoms with Crippen LogP contribution in [0, 0.1) is 5.92 Å². The number of benzene rings is 1. The molecule has 5 nitrogen and oxygen atoms in total. The molecule has 24 heavy (non-hydrogen) atoms. The van der Waals surface area contributed by atoms with Crippen molar-refractivity contribution in [2.24, 2.45) is 5.92 Å². The van der Waals surface area contributed by atoms with Gasteiger partial charge >= 0.3 is 0 Å². The first-order valence-corrected chi connectivity index (χ1v) is 9.12. The summed E-state index contributed by atoms with van der Waals surface area (Å²) in [6.07, 6.45) is 2.18. The SMILES string of the molecule is O=C(CN1CCN(CC(O)C2CC2)CC1)NCc1ccccc1Cl. The Morgan fingerprint density at radius 1 is 1.21 bits per heavy atom. The van der Waals surface area contributed by atoms with E-state index in [0.717, 1.165) is 38.3 Å². The van der Waals surface area contributed by atoms with Crippen molar-refractivity contribution < 1.29 is 9.90 Å². The lowest BCUT2D eigenvalue weighted by Crippen LogP contribution is -2.51. The molecule has 1 saturated carbocycles. The maximum absolute atomic E-state index is 12.1. The third kappa shape index (κ3) is 5.18. The van der Waals surface area contributed by atoms with Crippen molar-refractivity contribution in [3.63, 3.8) is 0 Å². The Labute approximate surface area is 148 Å². The van der Waals surface area contributed by atoms with E-state index in [-0.39, 0.29) is 12.0 Å². The first-order valence-electron chi connectivity index (χ1n) is 8.74. The molecule has 0 bridgehead atoms. The first kappa shape index (κ1) is 17.7. The van der Waals surface area contributed by atoms with Crippen LogP contribution >= 0.6 is 11.6 Å². The van der Waals surface area contributed by atoms with Crippen LogP contribution in [-0.2, 0) is 11.3 Å². The zero-order chi connectivity index (χ0) is 16.9. The third-order valence-electron chi connectivity index (χ3n) is 4.88. The van der Waals surface area contributed by atoms with Gasteiger partial charge in [-0.15, -0.1) is 0 Å². The van der Waals surface area contributed by atoms with E-state index in [1.54, 1.807) is 0 Å². The lowest BCUT2D eigenvalue weighted by Gasteiger charge is -2.35. The highest BCUT2D eigenvalue weighted by molar-refractivity contribution is 6.31. The standard InChI is InChI=1S/C18H26ClN3O2/c19-16-4-2-1-3-15(16)11-20-18(24)13-22-9-7-21(8-10-22)12-17(23)14-5-6-14/h1-4,14,17,23H,5-13H2,(H,20,24). The Hall–Kier alpha value is -1.14. The molecule has 2 fully saturated rings. The lowest BCUT2D eigenvalue weighted by atomic mass is 10.2. The molecule has 6 heteroatoms. The Balaban J connectivity index is 1.34. The van der Waals surface area contributed by atoms with Crippen LogP contribution in [0.15, 0.2) is 24.3 Å². The molecule has 132 valence electrons. The summed E-state index contributed by atoms with van der Waals surface area (Å²) < 4.78 is 0. The van der Waals surface area contributed by atoms with Crippen molar-refractivity contribution in [3.8, 4) is 0 Å². The van der Waals surface area contributed by atoms with E-state index >= 15 is 0 Å². The minimum Gasteiger partial charge on any atom is -0.392 e. The molecule has 0 spiro atoms. The summed E-state index contributed by atoms with van der Waals surface area (Å²) in [5.41, 5.74) is 0.936. The zero-order valence-electron chi connectivity index (χ0n) is 14.0. The van der Waals surface area contributed by atoms with E-state index in [2.05, 4.69) is 15.1 Å². The van der Waals surface area contributed by atoms with Crippen molar-refractivity contribution in [2.45, 2.75) is 25.5 Å². The van der Waals surface area contributed by atoms with Gasteiger partial charge in [-0.25, -0.2) is 0 Å². The van der Waals surface area contributed by atoms with Gasteiger partial charge in [-0.2, -0.15) is 0 Å². The van der Waals surface area contributed by atoms with Crippen molar-refractivity contribution in [1.29, 1.82) is 0 Å². The van der Waals surface area contributed by atoms with Gasteiger partial charge in [0.1, 0.15) is 0 Å². The predicted octanol–water partition coefficient (Wildman–Crippen LogP) is 1.34. The molecule has 1 aliphatic carbocycles. The number of carbonyl (C=O) groups excluding carboxylic acids is 1. The van der Waals surface area contributed by atoms with Crippen LogP contribution in [0.1, 0.15) is 18.4 Å². The highest BCUT2D eigenvalue weighted by Crippen LogP contribution is 2.32. The molecule has 1 amide bonds. The normalized spacial score (nSPS) is 20.8. The highest BCUT2D eigenvalue weighted by Gasteiger charge is 2.31. The smallest absolute Gasteiger partial charge is 0.234 e. The maximum atomic E-state index is 12.1. The second kappa shape index (κ2) is 8.30. The number of nitrogens with one attached hydrogen (secondary N) is 1. The fourth-order valence-corrected chi connectivity index (χ4v) is 3.32. The molecule has 1 atom stereocenters. The summed E-state index contributed by atoms with van der Waals surface area (Å²) in [5, 5.41) is 13.6. The van der Waals surface area contributed by atoms with Crippen molar-refractivity contribution in [2.75, 3.05) is 39.3 Å². The van der Waals surface area contributed by atoms with Gasteiger partial charge in [-0.3, -0.25) is 14.6 Å². The van der Waals surface area contributed by atoms with E-state index in [9.17, 15) is 9.90 Å². The van der Waals surface area contributed by atoms with Crippen LogP contribution in [-0.4, -0.2) is 66.2 Å². The van der Waals surface area contributed by atoms with E-state index in [0.29, 0.717) is 24.0 Å². The van der Waals surface area contributed by atoms with Gasteiger partial charge in [0, 0.05) is 44.3 Å². The fraction of sp³-hybridized carbons (Fsp3) is 0.611. The molecule has 2 aliphatic rings. The Morgan fingerprint density at radius 3 is 2.54 bits per heavy atom. The van der Waals surface area contributed by atoms with E-state index < -0.39 is 0 Å². The molecule has 0 aromatic heterocycles. The lowest BCUT2D eigenvalue weighted by molar-refractivity contribution is -0.122. The Morgan fingerprint density at radius 2 is 1.88 bits per heavy atom. The van der Waals surface area contributed by atoms with Gasteiger partial charge in [0.05, 0.1) is 12.6 Å². The van der Waals surface area contributed by atoms with Crippen molar-refractivity contribution >= 4 is 17.5 Å². The minimum atomic E-state index is -0.171. The van der Waals surface area contributed by atoms with Crippen molar-refractivity contribution in [3.05, 3.63) is 34.9 Å². The molecule has 1 aromatic rings. The first-order chi connectivity index (χ1) is 11.6. The van der Waals surface area contributed by atoms with Gasteiger partial charge in [0.25, 0.3) is 0 Å². The minimum absolute atomic E-state index is 0.0291. The second-order valence-corrected chi connectivity index (χ2v) is 7.26. The molecular formula is C18H26ClN3O2. The van der Waals surface area contributed by atoms with Crippen LogP contribution in [0.5, 0.6) is 0 Å². The molecule has 3 rings (SSSR count). The fourth-order valence-electron chi connectivity index (χ4n) is 3.12. The molecule has 2 N–H and O–H groups in total. The molecule has 0 radical (unpaired) electrons. The highest BCUT2D eigenvalue weighted by atomic mass is 35.5. The molecule has 1 aliphatic heterocycles. The monoisotopic (exact) mass is 351 g/mol. The summed E-state index contributed by atoms with van der Waals surface area (Å²) in [5.74, 6) is 0.556. The number of nitrogens with zero attached hydrogens (tertiary/aromatic N) is 2. The molecule has 1 heterocycles. The summed E-state index contributed by atoms with van der Waals surface area (Å²) in [6.45, 7) is 5.24. The van der Waals surface area contributed by atoms with Gasteiger partial charge in [0.2, 0.25) is 5.91 Å². The summed E-state index contributed by atoms with van der Waals surface area (Å²) in [7, 11) is 0. The van der Waals surface area contributed by atoms with Crippen LogP contribution in [0.25, 0.3) is 0 Å². The quantitative estimate of drug-likeness (QED) is 0.778. The number of aliphatic hydroxyl groups is 1. The van der Waals surface area contributed by atoms with Gasteiger partial charge in [-0.05, 0) is 30.4 Å². The number of β-amino-alcohol motifs (C(OH)–C–C–N with tert-alkyl or cyclic N) is 1. The topological polar surface area (TPSA) is 55.8 Å². The van der Waals surface area contributed by atoms with Crippen molar-refractivity contribution in [1.82, 2.24) is 15.1 Å². The number of carbonyl (C=O) groups is 1. The van der Waals surface area contributed by atoms with Crippen LogP contribution < -0.4 is 5.32 Å². The van der Waals surface area contributed by atoms with Gasteiger partial charge in [-0.1, -0.05) is 29.8 Å². The molecule has 1 saturated heterocycles. The summed E-state index contributed by atoms with van der Waals surface area (Å²) >= 11 is 6.10. The number of aliphatic hydroxyl groups excluding tert-OH is 1. The average molecular weight is 352 g/mol. The van der Waals surface area contributed by atoms with Gasteiger partial charge < -0.3 is 10.4 Å². The molecular weight excluding hydrogens is 326 g/mol. The number of hydrogen-bond acceptors (Lipinski definition) is 4. The van der Waals surface area contributed by atoms with Gasteiger partial charge in [0.15, 0.2) is 0 Å². The van der Waals surface area contributed by atoms with Crippen LogP contribution in [0.4, 0.5) is 0 Å². The van der Waals surface area contributed by atoms with Crippen LogP contribution in [0.3, 0.4) is 0 Å². The maximum Gasteiger partial charge on any atom is 0.234 e. The van der Waals surface area contributed by atoms with E-state index in [1.807, 2.05) is 24.3 Å². The molecule has 1 unspecified atom stereocenters. The summed E-state index contributed by atoms with van der Waals surface area (Å²) in [6, 6.07) is 7.56. The number of halogens is 1. The largest absolute Gasteiger partial charge is 0.392 e. The second-order valence-electron chi connectivity index (χ2n) is 6.85. The summed E-state index contributed by atoms with van der Waals surface area (Å²) in [4.78, 5) is 16.6. The zero-order valence-corrected chi connectivity index (χ0v) is 14.7. The van der Waals surface area contributed by atoms with E-state index in [4.69, 9.17) is 11.6 Å².